The number of rotatable bonds is 6. The Hall–Kier alpha value is -2.87. The molecule has 0 bridgehead atoms. The molecule has 0 aromatic carbocycles. The maximum Gasteiger partial charge on any atom is 0.255 e. The van der Waals surface area contributed by atoms with Crippen LogP contribution in [0.15, 0.2) is 33.7 Å². The highest BCUT2D eigenvalue weighted by molar-refractivity contribution is 6.20. The number of carbonyl (C=O) groups excluding carboxylic acids is 1. The number of nitrogens with one attached hydrogen (secondary N) is 2. The van der Waals surface area contributed by atoms with E-state index in [9.17, 15) is 9.59 Å². The number of hydrogen-bond donors (Lipinski definition) is 2. The standard InChI is InChI=1S/C19H22ClN5O3/c1-5-12-11(2)21-18(23-16(12)26)25-15(22-17(27)19(3,4)10-20)9-13(24-25)14-7-6-8-28-14/h6-9H,5,10H2,1-4H3,(H,22,27)(H,21,23,26). The molecule has 0 saturated carbocycles. The average Bonchev–Trinajstić information content (AvgIpc) is 3.31. The third kappa shape index (κ3) is 3.73. The van der Waals surface area contributed by atoms with Gasteiger partial charge in [-0.2, -0.15) is 9.78 Å². The Morgan fingerprint density at radius 3 is 2.75 bits per heavy atom. The SMILES string of the molecule is CCc1c(C)nc(-n2nc(-c3ccco3)cc2NC(=O)C(C)(C)CCl)[nH]c1=O. The number of aromatic amines is 1. The topological polar surface area (TPSA) is 106 Å². The van der Waals surface area contributed by atoms with Gasteiger partial charge in [0, 0.05) is 23.2 Å². The lowest BCUT2D eigenvalue weighted by molar-refractivity contribution is -0.123. The van der Waals surface area contributed by atoms with Crippen molar-refractivity contribution < 1.29 is 9.21 Å². The number of aryl methyl sites for hydroxylation is 1. The number of carbonyl (C=O) groups is 1. The minimum atomic E-state index is -0.787. The summed E-state index contributed by atoms with van der Waals surface area (Å²) in [6.07, 6.45) is 2.10. The molecule has 2 N–H and O–H groups in total. The molecule has 1 amide bonds. The molecule has 0 aliphatic heterocycles. The quantitative estimate of drug-likeness (QED) is 0.614. The molecule has 148 valence electrons. The number of anilines is 1. The van der Waals surface area contributed by atoms with Crippen molar-refractivity contribution in [1.82, 2.24) is 19.7 Å². The Labute approximate surface area is 166 Å². The van der Waals surface area contributed by atoms with Crippen LogP contribution in [0, 0.1) is 12.3 Å². The van der Waals surface area contributed by atoms with E-state index in [1.54, 1.807) is 39.0 Å². The van der Waals surface area contributed by atoms with Gasteiger partial charge in [-0.1, -0.05) is 6.92 Å². The summed E-state index contributed by atoms with van der Waals surface area (Å²) in [6, 6.07) is 5.15. The van der Waals surface area contributed by atoms with Gasteiger partial charge in [-0.3, -0.25) is 14.6 Å². The first-order valence-electron chi connectivity index (χ1n) is 8.88. The lowest BCUT2D eigenvalue weighted by Crippen LogP contribution is -2.33. The third-order valence-corrected chi connectivity index (χ3v) is 5.11. The summed E-state index contributed by atoms with van der Waals surface area (Å²) < 4.78 is 6.78. The largest absolute Gasteiger partial charge is 0.463 e. The molecule has 3 aromatic heterocycles. The highest BCUT2D eigenvalue weighted by atomic mass is 35.5. The number of aromatic nitrogens is 4. The van der Waals surface area contributed by atoms with Crippen LogP contribution in [-0.2, 0) is 11.2 Å². The zero-order valence-corrected chi connectivity index (χ0v) is 16.9. The van der Waals surface area contributed by atoms with E-state index in [4.69, 9.17) is 16.0 Å². The highest BCUT2D eigenvalue weighted by Gasteiger charge is 2.28. The van der Waals surface area contributed by atoms with Gasteiger partial charge in [-0.25, -0.2) is 4.98 Å². The number of nitrogens with zero attached hydrogens (tertiary/aromatic N) is 3. The van der Waals surface area contributed by atoms with Crippen molar-refractivity contribution in [2.45, 2.75) is 34.1 Å². The maximum absolute atomic E-state index is 12.6. The first kappa shape index (κ1) is 19.9. The van der Waals surface area contributed by atoms with E-state index in [2.05, 4.69) is 20.4 Å². The van der Waals surface area contributed by atoms with Crippen LogP contribution in [-0.4, -0.2) is 31.5 Å². The summed E-state index contributed by atoms with van der Waals surface area (Å²) in [5.74, 6) is 0.948. The van der Waals surface area contributed by atoms with Crippen LogP contribution >= 0.6 is 11.6 Å². The molecule has 3 heterocycles. The van der Waals surface area contributed by atoms with Crippen LogP contribution in [0.4, 0.5) is 5.82 Å². The number of amides is 1. The molecule has 3 aromatic rings. The van der Waals surface area contributed by atoms with Gasteiger partial charge in [-0.05, 0) is 39.3 Å². The summed E-state index contributed by atoms with van der Waals surface area (Å²) in [5.41, 5.74) is 0.678. The summed E-state index contributed by atoms with van der Waals surface area (Å²) >= 11 is 5.91. The first-order chi connectivity index (χ1) is 13.3. The number of H-pyrrole nitrogens is 1. The number of halogens is 1. The fourth-order valence-corrected chi connectivity index (χ4v) is 2.76. The Morgan fingerprint density at radius 2 is 2.18 bits per heavy atom. The summed E-state index contributed by atoms with van der Waals surface area (Å²) in [5, 5.41) is 7.29. The normalized spacial score (nSPS) is 11.6. The molecule has 0 unspecified atom stereocenters. The molecule has 0 saturated heterocycles. The van der Waals surface area contributed by atoms with Gasteiger partial charge < -0.3 is 9.73 Å². The molecular weight excluding hydrogens is 382 g/mol. The van der Waals surface area contributed by atoms with Crippen LogP contribution in [0.3, 0.4) is 0 Å². The monoisotopic (exact) mass is 403 g/mol. The summed E-state index contributed by atoms with van der Waals surface area (Å²) in [6.45, 7) is 7.14. The number of hydrogen-bond acceptors (Lipinski definition) is 5. The molecule has 0 atom stereocenters. The van der Waals surface area contributed by atoms with E-state index in [-0.39, 0.29) is 23.3 Å². The molecule has 0 radical (unpaired) electrons. The minimum absolute atomic E-state index is 0.150. The molecule has 0 aliphatic carbocycles. The zero-order chi connectivity index (χ0) is 20.5. The van der Waals surface area contributed by atoms with E-state index in [1.165, 1.54) is 10.9 Å². The minimum Gasteiger partial charge on any atom is -0.463 e. The van der Waals surface area contributed by atoms with Gasteiger partial charge in [0.05, 0.1) is 11.7 Å². The van der Waals surface area contributed by atoms with Crippen LogP contribution in [0.1, 0.15) is 32.0 Å². The second-order valence-electron chi connectivity index (χ2n) is 7.08. The zero-order valence-electron chi connectivity index (χ0n) is 16.2. The van der Waals surface area contributed by atoms with E-state index < -0.39 is 5.41 Å². The Balaban J connectivity index is 2.11. The van der Waals surface area contributed by atoms with Crippen LogP contribution in [0.2, 0.25) is 0 Å². The predicted molar refractivity (Wildman–Crippen MR) is 107 cm³/mol. The van der Waals surface area contributed by atoms with Crippen molar-refractivity contribution in [1.29, 1.82) is 0 Å². The van der Waals surface area contributed by atoms with E-state index in [0.717, 1.165) is 0 Å². The Kier molecular flexibility index (Phi) is 5.42. The van der Waals surface area contributed by atoms with Crippen molar-refractivity contribution in [3.8, 4) is 17.4 Å². The van der Waals surface area contributed by atoms with Crippen molar-refractivity contribution in [2.24, 2.45) is 5.41 Å². The average molecular weight is 404 g/mol. The van der Waals surface area contributed by atoms with Crippen molar-refractivity contribution in [3.63, 3.8) is 0 Å². The number of alkyl halides is 1. The first-order valence-corrected chi connectivity index (χ1v) is 9.41. The Bertz CT molecular complexity index is 1050. The van der Waals surface area contributed by atoms with E-state index in [0.29, 0.717) is 35.0 Å². The number of furan rings is 1. The molecule has 9 heteroatoms. The van der Waals surface area contributed by atoms with Gasteiger partial charge in [0.1, 0.15) is 11.5 Å². The maximum atomic E-state index is 12.6. The molecule has 0 spiro atoms. The molecule has 28 heavy (non-hydrogen) atoms. The van der Waals surface area contributed by atoms with Gasteiger partial charge in [0.2, 0.25) is 11.9 Å². The van der Waals surface area contributed by atoms with Crippen molar-refractivity contribution in [2.75, 3.05) is 11.2 Å². The lowest BCUT2D eigenvalue weighted by Gasteiger charge is -2.20. The second kappa shape index (κ2) is 7.63. The molecule has 0 aliphatic rings. The molecule has 3 rings (SSSR count). The van der Waals surface area contributed by atoms with Crippen molar-refractivity contribution in [3.05, 3.63) is 46.1 Å². The van der Waals surface area contributed by atoms with E-state index in [1.807, 2.05) is 6.92 Å². The van der Waals surface area contributed by atoms with Crippen molar-refractivity contribution >= 4 is 23.3 Å². The Morgan fingerprint density at radius 1 is 1.43 bits per heavy atom. The van der Waals surface area contributed by atoms with Crippen LogP contribution in [0.5, 0.6) is 0 Å². The van der Waals surface area contributed by atoms with E-state index >= 15 is 0 Å². The third-order valence-electron chi connectivity index (χ3n) is 4.44. The molecule has 0 fully saturated rings. The lowest BCUT2D eigenvalue weighted by atomic mass is 9.95. The van der Waals surface area contributed by atoms with Gasteiger partial charge >= 0.3 is 0 Å². The van der Waals surface area contributed by atoms with Gasteiger partial charge in [0.25, 0.3) is 5.56 Å². The smallest absolute Gasteiger partial charge is 0.255 e. The van der Waals surface area contributed by atoms with Crippen LogP contribution < -0.4 is 10.9 Å². The second-order valence-corrected chi connectivity index (χ2v) is 7.35. The fourth-order valence-electron chi connectivity index (χ4n) is 2.63. The predicted octanol–water partition coefficient (Wildman–Crippen LogP) is 3.29. The highest BCUT2D eigenvalue weighted by Crippen LogP contribution is 2.26. The summed E-state index contributed by atoms with van der Waals surface area (Å²) in [4.78, 5) is 32.2. The molecule has 8 nitrogen and oxygen atoms in total. The molecular formula is C19H22ClN5O3. The van der Waals surface area contributed by atoms with Crippen LogP contribution in [0.25, 0.3) is 17.4 Å². The summed E-state index contributed by atoms with van der Waals surface area (Å²) in [7, 11) is 0. The van der Waals surface area contributed by atoms with Gasteiger partial charge in [-0.15, -0.1) is 11.6 Å². The fraction of sp³-hybridized carbons (Fsp3) is 0.368. The van der Waals surface area contributed by atoms with Gasteiger partial charge in [0.15, 0.2) is 5.76 Å².